The molecule has 0 saturated carbocycles. The molecule has 1 saturated heterocycles. The summed E-state index contributed by atoms with van der Waals surface area (Å²) in [5, 5.41) is 0. The number of aromatic nitrogens is 1. The van der Waals surface area contributed by atoms with Crippen LogP contribution < -0.4 is 10.9 Å². The Kier molecular flexibility index (Phi) is 6.33. The molecular weight excluding hydrogens is 326 g/mol. The van der Waals surface area contributed by atoms with E-state index in [1.165, 1.54) is 5.56 Å². The van der Waals surface area contributed by atoms with Gasteiger partial charge in [0.2, 0.25) is 5.91 Å². The Hall–Kier alpha value is -2.28. The van der Waals surface area contributed by atoms with Gasteiger partial charge in [-0.1, -0.05) is 30.3 Å². The van der Waals surface area contributed by atoms with Crippen molar-refractivity contribution in [3.05, 3.63) is 66.0 Å². The minimum Gasteiger partial charge on any atom is -0.336 e. The van der Waals surface area contributed by atoms with Gasteiger partial charge in [-0.05, 0) is 43.8 Å². The number of likely N-dealkylation sites (N-methyl/N-ethyl adjacent to an activating group) is 1. The van der Waals surface area contributed by atoms with E-state index in [1.54, 1.807) is 12.4 Å². The van der Waals surface area contributed by atoms with Gasteiger partial charge < -0.3 is 9.80 Å². The van der Waals surface area contributed by atoms with Crippen molar-refractivity contribution in [2.24, 2.45) is 0 Å². The monoisotopic (exact) mass is 353 g/mol. The van der Waals surface area contributed by atoms with E-state index in [0.29, 0.717) is 13.1 Å². The van der Waals surface area contributed by atoms with Crippen molar-refractivity contribution >= 4 is 5.91 Å². The number of hydrogen-bond donors (Lipinski definition) is 2. The Morgan fingerprint density at radius 3 is 2.50 bits per heavy atom. The van der Waals surface area contributed by atoms with Gasteiger partial charge in [-0.3, -0.25) is 9.78 Å². The van der Waals surface area contributed by atoms with Gasteiger partial charge in [-0.2, -0.15) is 0 Å². The van der Waals surface area contributed by atoms with Crippen molar-refractivity contribution < 1.29 is 4.79 Å². The minimum absolute atomic E-state index is 0.134. The predicted octanol–water partition coefficient (Wildman–Crippen LogP) is 1.58. The Morgan fingerprint density at radius 1 is 1.08 bits per heavy atom. The molecule has 0 bridgehead atoms. The second kappa shape index (κ2) is 8.89. The van der Waals surface area contributed by atoms with Gasteiger partial charge in [0.15, 0.2) is 0 Å². The minimum atomic E-state index is -0.218. The number of amides is 1. The molecule has 1 aliphatic rings. The van der Waals surface area contributed by atoms with Gasteiger partial charge in [0.1, 0.15) is 6.04 Å². The summed E-state index contributed by atoms with van der Waals surface area (Å²) >= 11 is 0. The van der Waals surface area contributed by atoms with Gasteiger partial charge in [-0.15, -0.1) is 0 Å². The molecule has 0 aliphatic carbocycles. The average molecular weight is 353 g/mol. The third-order valence-corrected chi connectivity index (χ3v) is 4.65. The van der Waals surface area contributed by atoms with Crippen LogP contribution in [0.2, 0.25) is 0 Å². The lowest BCUT2D eigenvalue weighted by Crippen LogP contribution is -2.47. The molecule has 1 amide bonds. The van der Waals surface area contributed by atoms with E-state index in [9.17, 15) is 4.79 Å². The number of hydrazine groups is 1. The molecule has 6 heteroatoms. The second-order valence-corrected chi connectivity index (χ2v) is 6.96. The molecular formula is C20H27N5O. The molecule has 1 fully saturated rings. The summed E-state index contributed by atoms with van der Waals surface area (Å²) in [6, 6.07) is 14.1. The fourth-order valence-corrected chi connectivity index (χ4v) is 3.14. The Bertz CT molecular complexity index is 692. The molecule has 138 valence electrons. The van der Waals surface area contributed by atoms with E-state index in [0.717, 1.165) is 18.5 Å². The second-order valence-electron chi connectivity index (χ2n) is 6.96. The highest BCUT2D eigenvalue weighted by molar-refractivity contribution is 5.82. The maximum absolute atomic E-state index is 13.1. The number of pyridine rings is 1. The Labute approximate surface area is 155 Å². The third-order valence-electron chi connectivity index (χ3n) is 4.65. The number of nitrogens with one attached hydrogen (secondary N) is 2. The number of carbonyl (C=O) groups excluding carboxylic acids is 1. The molecule has 2 heterocycles. The molecule has 3 rings (SSSR count). The van der Waals surface area contributed by atoms with E-state index in [1.807, 2.05) is 49.3 Å². The van der Waals surface area contributed by atoms with Crippen LogP contribution in [0.3, 0.4) is 0 Å². The lowest BCUT2D eigenvalue weighted by atomic mass is 10.0. The zero-order valence-corrected chi connectivity index (χ0v) is 15.4. The molecule has 0 spiro atoms. The van der Waals surface area contributed by atoms with Gasteiger partial charge in [0, 0.05) is 38.1 Å². The first kappa shape index (κ1) is 18.5. The zero-order valence-electron chi connectivity index (χ0n) is 15.4. The fraction of sp³-hybridized carbons (Fsp3) is 0.400. The van der Waals surface area contributed by atoms with E-state index >= 15 is 0 Å². The highest BCUT2D eigenvalue weighted by atomic mass is 16.2. The van der Waals surface area contributed by atoms with Gasteiger partial charge in [0.25, 0.3) is 0 Å². The molecule has 1 aliphatic heterocycles. The summed E-state index contributed by atoms with van der Waals surface area (Å²) in [4.78, 5) is 21.2. The van der Waals surface area contributed by atoms with Crippen LogP contribution in [-0.2, 0) is 11.3 Å². The topological polar surface area (TPSA) is 60.5 Å². The highest BCUT2D eigenvalue weighted by Crippen LogP contribution is 2.23. The van der Waals surface area contributed by atoms with Gasteiger partial charge in [-0.25, -0.2) is 10.9 Å². The van der Waals surface area contributed by atoms with Crippen LogP contribution in [0.1, 0.15) is 23.6 Å². The van der Waals surface area contributed by atoms with Crippen molar-refractivity contribution in [1.82, 2.24) is 25.6 Å². The number of nitrogens with zero attached hydrogens (tertiary/aromatic N) is 3. The summed E-state index contributed by atoms with van der Waals surface area (Å²) in [7, 11) is 4.05. The van der Waals surface area contributed by atoms with Crippen LogP contribution in [0.25, 0.3) is 0 Å². The molecule has 0 radical (unpaired) electrons. The molecule has 2 atom stereocenters. The summed E-state index contributed by atoms with van der Waals surface area (Å²) in [5.74, 6) is 0.134. The Balaban J connectivity index is 1.66. The lowest BCUT2D eigenvalue weighted by molar-refractivity contribution is -0.134. The largest absolute Gasteiger partial charge is 0.336 e. The molecule has 2 aromatic rings. The van der Waals surface area contributed by atoms with E-state index in [2.05, 4.69) is 32.9 Å². The Morgan fingerprint density at radius 2 is 1.81 bits per heavy atom. The highest BCUT2D eigenvalue weighted by Gasteiger charge is 2.32. The van der Waals surface area contributed by atoms with E-state index in [4.69, 9.17) is 0 Å². The zero-order chi connectivity index (χ0) is 18.4. The summed E-state index contributed by atoms with van der Waals surface area (Å²) in [6.07, 6.45) is 4.28. The van der Waals surface area contributed by atoms with Crippen LogP contribution in [0.15, 0.2) is 54.9 Å². The smallest absolute Gasteiger partial charge is 0.241 e. The van der Waals surface area contributed by atoms with Crippen molar-refractivity contribution in [2.75, 3.05) is 27.2 Å². The number of rotatable bonds is 7. The van der Waals surface area contributed by atoms with E-state index < -0.39 is 0 Å². The molecule has 26 heavy (non-hydrogen) atoms. The number of carbonyl (C=O) groups is 1. The van der Waals surface area contributed by atoms with Crippen LogP contribution in [0, 0.1) is 0 Å². The first-order valence-electron chi connectivity index (χ1n) is 9.02. The van der Waals surface area contributed by atoms with Crippen molar-refractivity contribution in [1.29, 1.82) is 0 Å². The first-order valence-corrected chi connectivity index (χ1v) is 9.02. The van der Waals surface area contributed by atoms with Gasteiger partial charge >= 0.3 is 0 Å². The summed E-state index contributed by atoms with van der Waals surface area (Å²) < 4.78 is 0. The summed E-state index contributed by atoms with van der Waals surface area (Å²) in [6.45, 7) is 2.13. The van der Waals surface area contributed by atoms with Crippen LogP contribution in [-0.4, -0.2) is 53.9 Å². The molecule has 2 N–H and O–H groups in total. The normalized spacial score (nSPS) is 19.7. The number of benzene rings is 1. The maximum Gasteiger partial charge on any atom is 0.241 e. The van der Waals surface area contributed by atoms with Crippen LogP contribution in [0.4, 0.5) is 0 Å². The third kappa shape index (κ3) is 4.88. The van der Waals surface area contributed by atoms with Crippen molar-refractivity contribution in [3.8, 4) is 0 Å². The van der Waals surface area contributed by atoms with Crippen LogP contribution in [0.5, 0.6) is 0 Å². The summed E-state index contributed by atoms with van der Waals surface area (Å²) in [5.41, 5.74) is 8.75. The van der Waals surface area contributed by atoms with Gasteiger partial charge in [0.05, 0.1) is 0 Å². The standard InChI is InChI=1S/C20H27N5O/c1-24(2)12-13-25(15-16-8-10-21-11-9-16)20(26)19-14-18(22-23-19)17-6-4-3-5-7-17/h3-11,18-19,22-23H,12-15H2,1-2H3. The molecule has 6 nitrogen and oxygen atoms in total. The SMILES string of the molecule is CN(C)CCN(Cc1ccncc1)C(=O)C1CC(c2ccccc2)NN1. The van der Waals surface area contributed by atoms with Crippen molar-refractivity contribution in [3.63, 3.8) is 0 Å². The molecule has 2 unspecified atom stereocenters. The fourth-order valence-electron chi connectivity index (χ4n) is 3.14. The average Bonchev–Trinajstić information content (AvgIpc) is 3.16. The van der Waals surface area contributed by atoms with E-state index in [-0.39, 0.29) is 18.0 Å². The molecule has 1 aromatic carbocycles. The van der Waals surface area contributed by atoms with Crippen LogP contribution >= 0.6 is 0 Å². The maximum atomic E-state index is 13.1. The quantitative estimate of drug-likeness (QED) is 0.791. The predicted molar refractivity (Wildman–Crippen MR) is 102 cm³/mol. The lowest BCUT2D eigenvalue weighted by Gasteiger charge is -2.27. The first-order chi connectivity index (χ1) is 12.6. The van der Waals surface area contributed by atoms with Crippen molar-refractivity contribution in [2.45, 2.75) is 25.0 Å². The molecule has 1 aromatic heterocycles. The number of hydrogen-bond acceptors (Lipinski definition) is 5.